The monoisotopic (exact) mass is 271 g/mol. The highest BCUT2D eigenvalue weighted by Gasteiger charge is 2.25. The van der Waals surface area contributed by atoms with Gasteiger partial charge in [-0.1, -0.05) is 23.7 Å². The molecule has 0 amide bonds. The molecule has 1 atom stereocenters. The number of nitrogens with zero attached hydrogens (tertiary/aromatic N) is 1. The number of carboxylic acids is 1. The van der Waals surface area contributed by atoms with E-state index in [9.17, 15) is 9.18 Å². The van der Waals surface area contributed by atoms with Crippen molar-refractivity contribution in [3.05, 3.63) is 34.6 Å². The van der Waals surface area contributed by atoms with Crippen molar-refractivity contribution in [1.29, 1.82) is 0 Å². The lowest BCUT2D eigenvalue weighted by Crippen LogP contribution is -2.21. The van der Waals surface area contributed by atoms with Crippen LogP contribution in [0.15, 0.2) is 18.2 Å². The molecule has 1 saturated heterocycles. The molecule has 1 aliphatic heterocycles. The van der Waals surface area contributed by atoms with E-state index in [2.05, 4.69) is 4.90 Å². The maximum Gasteiger partial charge on any atom is 0.303 e. The first kappa shape index (κ1) is 13.3. The third-order valence-corrected chi connectivity index (χ3v) is 3.55. The van der Waals surface area contributed by atoms with E-state index < -0.39 is 5.97 Å². The van der Waals surface area contributed by atoms with Crippen LogP contribution in [-0.4, -0.2) is 29.1 Å². The van der Waals surface area contributed by atoms with Gasteiger partial charge in [0.25, 0.3) is 0 Å². The fourth-order valence-corrected chi connectivity index (χ4v) is 2.58. The summed E-state index contributed by atoms with van der Waals surface area (Å²) >= 11 is 5.73. The van der Waals surface area contributed by atoms with Crippen molar-refractivity contribution >= 4 is 17.6 Å². The number of halogens is 2. The first-order valence-corrected chi connectivity index (χ1v) is 6.31. The minimum Gasteiger partial charge on any atom is -0.481 e. The third-order valence-electron chi connectivity index (χ3n) is 3.26. The topological polar surface area (TPSA) is 40.5 Å². The van der Waals surface area contributed by atoms with Gasteiger partial charge in [0.2, 0.25) is 0 Å². The maximum atomic E-state index is 13.7. The predicted octanol–water partition coefficient (Wildman–Crippen LogP) is 2.78. The van der Waals surface area contributed by atoms with Crippen molar-refractivity contribution in [2.75, 3.05) is 13.1 Å². The molecule has 0 saturated carbocycles. The molecule has 1 N–H and O–H groups in total. The summed E-state index contributed by atoms with van der Waals surface area (Å²) in [6.45, 7) is 2.00. The normalized spacial score (nSPS) is 20.2. The largest absolute Gasteiger partial charge is 0.481 e. The van der Waals surface area contributed by atoms with Crippen molar-refractivity contribution in [3.8, 4) is 0 Å². The van der Waals surface area contributed by atoms with Gasteiger partial charge in [0, 0.05) is 25.1 Å². The lowest BCUT2D eigenvalue weighted by Gasteiger charge is -2.16. The van der Waals surface area contributed by atoms with E-state index in [1.807, 2.05) is 0 Å². The van der Waals surface area contributed by atoms with Crippen LogP contribution in [0.3, 0.4) is 0 Å². The van der Waals surface area contributed by atoms with Gasteiger partial charge >= 0.3 is 5.97 Å². The highest BCUT2D eigenvalue weighted by atomic mass is 35.5. The van der Waals surface area contributed by atoms with E-state index in [1.54, 1.807) is 12.1 Å². The van der Waals surface area contributed by atoms with Crippen LogP contribution in [0.1, 0.15) is 18.4 Å². The van der Waals surface area contributed by atoms with Gasteiger partial charge in [0.15, 0.2) is 0 Å². The number of carbonyl (C=O) groups is 1. The molecule has 1 aliphatic rings. The number of likely N-dealkylation sites (tertiary alicyclic amines) is 1. The molecule has 0 spiro atoms. The van der Waals surface area contributed by atoms with Gasteiger partial charge in [-0.3, -0.25) is 9.69 Å². The van der Waals surface area contributed by atoms with Crippen LogP contribution in [0.5, 0.6) is 0 Å². The molecule has 18 heavy (non-hydrogen) atoms. The van der Waals surface area contributed by atoms with Crippen molar-refractivity contribution < 1.29 is 14.3 Å². The Balaban J connectivity index is 1.95. The second-order valence-electron chi connectivity index (χ2n) is 4.70. The first-order valence-electron chi connectivity index (χ1n) is 5.93. The summed E-state index contributed by atoms with van der Waals surface area (Å²) in [4.78, 5) is 12.7. The van der Waals surface area contributed by atoms with Crippen LogP contribution in [0.2, 0.25) is 5.02 Å². The van der Waals surface area contributed by atoms with Gasteiger partial charge in [-0.15, -0.1) is 0 Å². The number of carboxylic acid groups (broad SMARTS) is 1. The van der Waals surface area contributed by atoms with Crippen LogP contribution in [0.25, 0.3) is 0 Å². The van der Waals surface area contributed by atoms with Gasteiger partial charge in [-0.25, -0.2) is 4.39 Å². The highest BCUT2D eigenvalue weighted by molar-refractivity contribution is 6.30. The second-order valence-corrected chi connectivity index (χ2v) is 5.11. The standard InChI is InChI=1S/C13H15ClFNO2/c14-11-3-1-2-10(13(11)15)8-16-5-4-9(7-16)6-12(17)18/h1-3,9H,4-8H2,(H,17,18). The second kappa shape index (κ2) is 5.67. The smallest absolute Gasteiger partial charge is 0.303 e. The highest BCUT2D eigenvalue weighted by Crippen LogP contribution is 2.24. The maximum absolute atomic E-state index is 13.7. The molecule has 1 heterocycles. The summed E-state index contributed by atoms with van der Waals surface area (Å²) in [5.74, 6) is -0.971. The Morgan fingerprint density at radius 3 is 3.06 bits per heavy atom. The molecule has 0 radical (unpaired) electrons. The van der Waals surface area contributed by atoms with Crippen molar-refractivity contribution in [2.24, 2.45) is 5.92 Å². The van der Waals surface area contributed by atoms with Crippen LogP contribution in [-0.2, 0) is 11.3 Å². The average Bonchev–Trinajstić information content (AvgIpc) is 2.71. The third kappa shape index (κ3) is 3.21. The number of hydrogen-bond donors (Lipinski definition) is 1. The lowest BCUT2D eigenvalue weighted by molar-refractivity contribution is -0.138. The van der Waals surface area contributed by atoms with Gasteiger partial charge in [-0.2, -0.15) is 0 Å². The summed E-state index contributed by atoms with van der Waals surface area (Å²) < 4.78 is 13.7. The predicted molar refractivity (Wildman–Crippen MR) is 67.0 cm³/mol. The molecule has 3 nitrogen and oxygen atoms in total. The Morgan fingerprint density at radius 2 is 2.33 bits per heavy atom. The van der Waals surface area contributed by atoms with Crippen LogP contribution in [0.4, 0.5) is 4.39 Å². The first-order chi connectivity index (χ1) is 8.56. The minimum absolute atomic E-state index is 0.133. The zero-order valence-electron chi connectivity index (χ0n) is 9.90. The van der Waals surface area contributed by atoms with Crippen molar-refractivity contribution in [1.82, 2.24) is 4.90 Å². The summed E-state index contributed by atoms with van der Waals surface area (Å²) in [5, 5.41) is 8.87. The molecule has 2 rings (SSSR count). The molecule has 1 aromatic rings. The molecule has 1 aromatic carbocycles. The van der Waals surface area contributed by atoms with Crippen molar-refractivity contribution in [2.45, 2.75) is 19.4 Å². The Morgan fingerprint density at radius 1 is 1.56 bits per heavy atom. The Labute approximate surface area is 110 Å². The van der Waals surface area contributed by atoms with Crippen molar-refractivity contribution in [3.63, 3.8) is 0 Å². The van der Waals surface area contributed by atoms with E-state index in [0.29, 0.717) is 18.7 Å². The van der Waals surface area contributed by atoms with Crippen LogP contribution >= 0.6 is 11.6 Å². The SMILES string of the molecule is O=C(O)CC1CCN(Cc2cccc(Cl)c2F)C1. The fraction of sp³-hybridized carbons (Fsp3) is 0.462. The lowest BCUT2D eigenvalue weighted by atomic mass is 10.1. The van der Waals surface area contributed by atoms with E-state index in [0.717, 1.165) is 13.0 Å². The van der Waals surface area contributed by atoms with E-state index >= 15 is 0 Å². The molecular weight excluding hydrogens is 257 g/mol. The Hall–Kier alpha value is -1.13. The summed E-state index contributed by atoms with van der Waals surface area (Å²) in [7, 11) is 0. The number of rotatable bonds is 4. The fourth-order valence-electron chi connectivity index (χ4n) is 2.38. The molecule has 1 fully saturated rings. The number of benzene rings is 1. The average molecular weight is 272 g/mol. The Kier molecular flexibility index (Phi) is 4.19. The molecule has 0 bridgehead atoms. The summed E-state index contributed by atoms with van der Waals surface area (Å²) in [6.07, 6.45) is 1.04. The summed E-state index contributed by atoms with van der Waals surface area (Å²) in [6, 6.07) is 4.97. The van der Waals surface area contributed by atoms with Gasteiger partial charge < -0.3 is 5.11 Å². The van der Waals surface area contributed by atoms with E-state index in [-0.39, 0.29) is 23.2 Å². The zero-order chi connectivity index (χ0) is 13.1. The molecule has 0 aromatic heterocycles. The zero-order valence-corrected chi connectivity index (χ0v) is 10.7. The number of hydrogen-bond acceptors (Lipinski definition) is 2. The van der Waals surface area contributed by atoms with E-state index in [4.69, 9.17) is 16.7 Å². The number of aliphatic carboxylic acids is 1. The Bertz CT molecular complexity index is 453. The van der Waals surface area contributed by atoms with Crippen LogP contribution in [0, 0.1) is 11.7 Å². The van der Waals surface area contributed by atoms with Gasteiger partial charge in [-0.05, 0) is 24.9 Å². The van der Waals surface area contributed by atoms with Crippen LogP contribution < -0.4 is 0 Å². The molecule has 5 heteroatoms. The molecule has 0 aliphatic carbocycles. The van der Waals surface area contributed by atoms with Gasteiger partial charge in [0.05, 0.1) is 5.02 Å². The summed E-state index contributed by atoms with van der Waals surface area (Å²) in [5.41, 5.74) is 0.568. The molecule has 1 unspecified atom stereocenters. The van der Waals surface area contributed by atoms with Gasteiger partial charge in [0.1, 0.15) is 5.82 Å². The minimum atomic E-state index is -0.768. The molecule has 98 valence electrons. The van der Waals surface area contributed by atoms with E-state index in [1.165, 1.54) is 6.07 Å². The molecular formula is C13H15ClFNO2. The quantitative estimate of drug-likeness (QED) is 0.915.